The molecular weight excluding hydrogens is 504 g/mol. The molecule has 204 valence electrons. The summed E-state index contributed by atoms with van der Waals surface area (Å²) in [6, 6.07) is 1.60. The molecular formula is C28H36N4O5S. The standard InChI is InChI=1S/C28H36N4O5S/c1-19(2)14-22(15-26(34)30-12-9-20-6-3-4-7-21(20)17-30)28(35)31-13-10-24-27(31)25(33)18-32(24)38(36,37)23-8-5-11-29-16-23/h3-8,11,16,19-22,24,27H,9-10,12-15,17-18H2,1-2H3. The molecule has 1 aromatic heterocycles. The molecule has 9 nitrogen and oxygen atoms in total. The molecule has 10 heteroatoms. The number of piperidine rings is 1. The number of rotatable bonds is 7. The van der Waals surface area contributed by atoms with Crippen molar-refractivity contribution in [2.24, 2.45) is 23.7 Å². The minimum atomic E-state index is -3.92. The van der Waals surface area contributed by atoms with E-state index in [4.69, 9.17) is 0 Å². The summed E-state index contributed by atoms with van der Waals surface area (Å²) >= 11 is 0. The highest BCUT2D eigenvalue weighted by Crippen LogP contribution is 2.36. The van der Waals surface area contributed by atoms with Crippen LogP contribution < -0.4 is 0 Å². The van der Waals surface area contributed by atoms with Gasteiger partial charge < -0.3 is 9.80 Å². The molecule has 3 saturated heterocycles. The molecule has 3 aliphatic heterocycles. The first-order valence-corrected chi connectivity index (χ1v) is 15.0. The first kappa shape index (κ1) is 26.7. The Morgan fingerprint density at radius 2 is 1.87 bits per heavy atom. The molecule has 2 amide bonds. The number of hydrogen-bond acceptors (Lipinski definition) is 6. The molecule has 0 saturated carbocycles. The molecule has 0 aromatic carbocycles. The van der Waals surface area contributed by atoms with E-state index >= 15 is 0 Å². The van der Waals surface area contributed by atoms with E-state index in [9.17, 15) is 22.8 Å². The highest BCUT2D eigenvalue weighted by molar-refractivity contribution is 7.89. The molecule has 1 aliphatic carbocycles. The maximum absolute atomic E-state index is 13.8. The number of amides is 2. The zero-order valence-electron chi connectivity index (χ0n) is 22.0. The first-order valence-electron chi connectivity index (χ1n) is 13.5. The van der Waals surface area contributed by atoms with Crippen molar-refractivity contribution in [2.45, 2.75) is 56.5 Å². The average Bonchev–Trinajstić information content (AvgIpc) is 3.49. The van der Waals surface area contributed by atoms with Crippen LogP contribution in [-0.2, 0) is 24.4 Å². The third kappa shape index (κ3) is 5.08. The van der Waals surface area contributed by atoms with Crippen LogP contribution in [0.15, 0.2) is 53.7 Å². The fraction of sp³-hybridized carbons (Fsp3) is 0.571. The molecule has 5 atom stereocenters. The Hall–Kier alpha value is -2.85. The third-order valence-electron chi connectivity index (χ3n) is 8.32. The highest BCUT2D eigenvalue weighted by Gasteiger charge is 2.54. The predicted octanol–water partition coefficient (Wildman–Crippen LogP) is 2.27. The summed E-state index contributed by atoms with van der Waals surface area (Å²) in [5, 5.41) is 0. The quantitative estimate of drug-likeness (QED) is 0.525. The van der Waals surface area contributed by atoms with Gasteiger partial charge in [-0.1, -0.05) is 38.2 Å². The zero-order chi connectivity index (χ0) is 27.0. The largest absolute Gasteiger partial charge is 0.342 e. The van der Waals surface area contributed by atoms with Crippen LogP contribution in [0.1, 0.15) is 39.5 Å². The second-order valence-electron chi connectivity index (χ2n) is 11.3. The Morgan fingerprint density at radius 1 is 1.11 bits per heavy atom. The second-order valence-corrected chi connectivity index (χ2v) is 13.2. The van der Waals surface area contributed by atoms with Gasteiger partial charge in [0.2, 0.25) is 21.8 Å². The molecule has 3 fully saturated rings. The maximum atomic E-state index is 13.8. The average molecular weight is 541 g/mol. The van der Waals surface area contributed by atoms with Crippen LogP contribution >= 0.6 is 0 Å². The smallest absolute Gasteiger partial charge is 0.245 e. The van der Waals surface area contributed by atoms with E-state index in [0.29, 0.717) is 44.3 Å². The molecule has 0 N–H and O–H groups in total. The molecule has 0 radical (unpaired) electrons. The lowest BCUT2D eigenvalue weighted by atomic mass is 9.82. The van der Waals surface area contributed by atoms with Gasteiger partial charge in [0.1, 0.15) is 10.9 Å². The first-order chi connectivity index (χ1) is 18.2. The Bertz CT molecular complexity index is 1240. The summed E-state index contributed by atoms with van der Waals surface area (Å²) in [4.78, 5) is 47.7. The lowest BCUT2D eigenvalue weighted by Gasteiger charge is -2.38. The van der Waals surface area contributed by atoms with Gasteiger partial charge in [-0.15, -0.1) is 0 Å². The number of aromatic nitrogens is 1. The number of sulfonamides is 1. The highest BCUT2D eigenvalue weighted by atomic mass is 32.2. The summed E-state index contributed by atoms with van der Waals surface area (Å²) in [6.07, 6.45) is 13.2. The number of fused-ring (bicyclic) bond motifs is 2. The number of hydrogen-bond donors (Lipinski definition) is 0. The number of Topliss-reactive ketones (excluding diaryl/α,β-unsaturated/α-hetero) is 1. The van der Waals surface area contributed by atoms with Crippen molar-refractivity contribution < 1.29 is 22.8 Å². The van der Waals surface area contributed by atoms with Gasteiger partial charge in [0.25, 0.3) is 0 Å². The van der Waals surface area contributed by atoms with Gasteiger partial charge in [0.05, 0.1) is 12.6 Å². The second kappa shape index (κ2) is 10.7. The van der Waals surface area contributed by atoms with Gasteiger partial charge in [-0.25, -0.2) is 8.42 Å². The van der Waals surface area contributed by atoms with Crippen molar-refractivity contribution in [2.75, 3.05) is 26.2 Å². The molecule has 1 aromatic rings. The normalized spacial score (nSPS) is 28.0. The van der Waals surface area contributed by atoms with Crippen LogP contribution in [0.4, 0.5) is 0 Å². The Balaban J connectivity index is 1.30. The number of pyridine rings is 1. The van der Waals surface area contributed by atoms with Crippen LogP contribution in [0.2, 0.25) is 0 Å². The molecule has 0 spiro atoms. The minimum absolute atomic E-state index is 0.0281. The van der Waals surface area contributed by atoms with Crippen molar-refractivity contribution >= 4 is 27.6 Å². The van der Waals surface area contributed by atoms with Crippen molar-refractivity contribution in [1.29, 1.82) is 0 Å². The monoisotopic (exact) mass is 540 g/mol. The van der Waals surface area contributed by atoms with E-state index < -0.39 is 28.0 Å². The van der Waals surface area contributed by atoms with Crippen LogP contribution in [0, 0.1) is 23.7 Å². The maximum Gasteiger partial charge on any atom is 0.245 e. The van der Waals surface area contributed by atoms with E-state index in [-0.39, 0.29) is 41.4 Å². The minimum Gasteiger partial charge on any atom is -0.342 e. The lowest BCUT2D eigenvalue weighted by Crippen LogP contribution is -2.48. The summed E-state index contributed by atoms with van der Waals surface area (Å²) in [5.74, 6) is -0.115. The Labute approximate surface area is 224 Å². The van der Waals surface area contributed by atoms with E-state index in [1.54, 1.807) is 11.0 Å². The Morgan fingerprint density at radius 3 is 2.58 bits per heavy atom. The van der Waals surface area contributed by atoms with E-state index in [1.807, 2.05) is 24.8 Å². The number of allylic oxidation sites excluding steroid dienone is 3. The van der Waals surface area contributed by atoms with Gasteiger partial charge in [0.15, 0.2) is 5.78 Å². The Kier molecular flexibility index (Phi) is 7.55. The zero-order valence-corrected chi connectivity index (χ0v) is 22.8. The van der Waals surface area contributed by atoms with Crippen molar-refractivity contribution in [3.8, 4) is 0 Å². The molecule has 4 aliphatic rings. The number of likely N-dealkylation sites (tertiary alicyclic amines) is 2. The fourth-order valence-electron chi connectivity index (χ4n) is 6.47. The van der Waals surface area contributed by atoms with Gasteiger partial charge in [-0.2, -0.15) is 4.31 Å². The molecule has 0 bridgehead atoms. The van der Waals surface area contributed by atoms with Crippen LogP contribution in [0.5, 0.6) is 0 Å². The van der Waals surface area contributed by atoms with Gasteiger partial charge in [-0.05, 0) is 43.2 Å². The van der Waals surface area contributed by atoms with Crippen molar-refractivity contribution in [1.82, 2.24) is 19.1 Å². The lowest BCUT2D eigenvalue weighted by molar-refractivity contribution is -0.144. The number of ketones is 1. The third-order valence-corrected chi connectivity index (χ3v) is 10.2. The van der Waals surface area contributed by atoms with Crippen LogP contribution in [0.3, 0.4) is 0 Å². The van der Waals surface area contributed by atoms with Gasteiger partial charge in [-0.3, -0.25) is 19.4 Å². The van der Waals surface area contributed by atoms with Gasteiger partial charge >= 0.3 is 0 Å². The van der Waals surface area contributed by atoms with Crippen molar-refractivity contribution in [3.05, 3.63) is 48.8 Å². The van der Waals surface area contributed by atoms with Gasteiger partial charge in [0, 0.05) is 50.3 Å². The van der Waals surface area contributed by atoms with Crippen molar-refractivity contribution in [3.63, 3.8) is 0 Å². The van der Waals surface area contributed by atoms with E-state index in [0.717, 1.165) is 6.42 Å². The molecule has 5 unspecified atom stereocenters. The summed E-state index contributed by atoms with van der Waals surface area (Å²) in [6.45, 7) is 5.40. The number of carbonyl (C=O) groups excluding carboxylic acids is 3. The SMILES string of the molecule is CC(C)CC(CC(=O)N1CCC2C=CC=CC2C1)C(=O)N1CCC2C1C(=O)CN2S(=O)(=O)c1cccnc1. The topological polar surface area (TPSA) is 108 Å². The van der Waals surface area contributed by atoms with E-state index in [2.05, 4.69) is 23.2 Å². The summed E-state index contributed by atoms with van der Waals surface area (Å²) in [5.41, 5.74) is 0. The summed E-state index contributed by atoms with van der Waals surface area (Å²) < 4.78 is 27.8. The van der Waals surface area contributed by atoms with Crippen LogP contribution in [0.25, 0.3) is 0 Å². The number of nitrogens with zero attached hydrogens (tertiary/aromatic N) is 4. The summed E-state index contributed by atoms with van der Waals surface area (Å²) in [7, 11) is -3.92. The molecule has 38 heavy (non-hydrogen) atoms. The number of carbonyl (C=O) groups is 3. The molecule has 5 rings (SSSR count). The van der Waals surface area contributed by atoms with Crippen LogP contribution in [-0.4, -0.2) is 83.4 Å². The van der Waals surface area contributed by atoms with E-state index in [1.165, 1.54) is 22.8 Å². The molecule has 4 heterocycles. The predicted molar refractivity (Wildman–Crippen MR) is 141 cm³/mol. The fourth-order valence-corrected chi connectivity index (χ4v) is 8.06.